The molecule has 3 heterocycles. The van der Waals surface area contributed by atoms with Gasteiger partial charge in [0.2, 0.25) is 5.69 Å². The summed E-state index contributed by atoms with van der Waals surface area (Å²) >= 11 is 0. The van der Waals surface area contributed by atoms with E-state index in [0.29, 0.717) is 5.92 Å². The number of hydrogen-bond donors (Lipinski definition) is 0. The second kappa shape index (κ2) is 3.44. The second-order valence-electron chi connectivity index (χ2n) is 5.91. The van der Waals surface area contributed by atoms with Gasteiger partial charge in [0.15, 0.2) is 11.2 Å². The number of halogens is 1. The van der Waals surface area contributed by atoms with Gasteiger partial charge in [0, 0.05) is 30.5 Å². The van der Waals surface area contributed by atoms with Gasteiger partial charge in [0.05, 0.1) is 0 Å². The first-order valence-corrected chi connectivity index (χ1v) is 6.90. The summed E-state index contributed by atoms with van der Waals surface area (Å²) in [6, 6.07) is 14.8. The summed E-state index contributed by atoms with van der Waals surface area (Å²) in [4.78, 5) is 0. The molecule has 0 bridgehead atoms. The zero-order chi connectivity index (χ0) is 13.2. The maximum atomic E-state index is 13.5. The Kier molecular flexibility index (Phi) is 2.02. The zero-order valence-corrected chi connectivity index (χ0v) is 11.2. The van der Waals surface area contributed by atoms with Crippen molar-refractivity contribution in [1.29, 1.82) is 0 Å². The third-order valence-electron chi connectivity index (χ3n) is 5.30. The van der Waals surface area contributed by atoms with E-state index in [2.05, 4.69) is 60.9 Å². The van der Waals surface area contributed by atoms with Crippen LogP contribution in [0.15, 0.2) is 42.5 Å². The van der Waals surface area contributed by atoms with Crippen LogP contribution in [0.4, 0.5) is 4.39 Å². The van der Waals surface area contributed by atoms with Gasteiger partial charge in [-0.05, 0) is 17.7 Å². The molecule has 1 aromatic carbocycles. The van der Waals surface area contributed by atoms with Crippen molar-refractivity contribution in [2.45, 2.75) is 31.2 Å². The molecule has 1 nitrogen and oxygen atoms in total. The number of aromatic nitrogens is 1. The molecule has 0 saturated heterocycles. The van der Waals surface area contributed by atoms with Crippen molar-refractivity contribution in [3.05, 3.63) is 53.7 Å². The van der Waals surface area contributed by atoms with Crippen molar-refractivity contribution in [2.24, 2.45) is 0 Å². The van der Waals surface area contributed by atoms with E-state index in [1.54, 1.807) is 0 Å². The maximum Gasteiger partial charge on any atom is 0.213 e. The summed E-state index contributed by atoms with van der Waals surface area (Å²) in [7, 11) is 0. The Morgan fingerprint density at radius 2 is 1.95 bits per heavy atom. The van der Waals surface area contributed by atoms with E-state index in [1.807, 2.05) is 0 Å². The summed E-state index contributed by atoms with van der Waals surface area (Å²) in [5.41, 5.74) is 4.91. The molecule has 0 radical (unpaired) electrons. The van der Waals surface area contributed by atoms with Crippen molar-refractivity contribution in [1.82, 2.24) is 0 Å². The second-order valence-corrected chi connectivity index (χ2v) is 5.91. The Bertz CT molecular complexity index is 679. The topological polar surface area (TPSA) is 3.88 Å². The van der Waals surface area contributed by atoms with Gasteiger partial charge in [-0.1, -0.05) is 25.1 Å². The minimum absolute atomic E-state index is 0.0239. The number of benzene rings is 1. The molecule has 0 aliphatic carbocycles. The van der Waals surface area contributed by atoms with Crippen LogP contribution in [0.3, 0.4) is 0 Å². The summed E-state index contributed by atoms with van der Waals surface area (Å²) in [6.45, 7) is 4.16. The average molecular weight is 254 g/mol. The van der Waals surface area contributed by atoms with Crippen LogP contribution in [0.2, 0.25) is 0 Å². The molecule has 1 aromatic heterocycles. The van der Waals surface area contributed by atoms with Crippen LogP contribution in [-0.4, -0.2) is 6.67 Å². The molecule has 0 N–H and O–H groups in total. The highest BCUT2D eigenvalue weighted by Crippen LogP contribution is 2.53. The highest BCUT2D eigenvalue weighted by molar-refractivity contribution is 5.65. The molecule has 19 heavy (non-hydrogen) atoms. The summed E-state index contributed by atoms with van der Waals surface area (Å²) < 4.78 is 15.8. The molecule has 2 aliphatic heterocycles. The van der Waals surface area contributed by atoms with Crippen LogP contribution in [0.1, 0.15) is 36.9 Å². The van der Waals surface area contributed by atoms with Crippen LogP contribution in [0.25, 0.3) is 11.3 Å². The highest BCUT2D eigenvalue weighted by atomic mass is 19.1. The number of fused-ring (bicyclic) bond motifs is 2. The molecule has 2 aromatic rings. The molecule has 3 unspecified atom stereocenters. The monoisotopic (exact) mass is 254 g/mol. The fraction of sp³-hybridized carbons (Fsp3) is 0.353. The minimum atomic E-state index is -0.271. The summed E-state index contributed by atoms with van der Waals surface area (Å²) in [5, 5.41) is 0. The molecule has 0 amide bonds. The number of rotatable bonds is 1. The first kappa shape index (κ1) is 11.2. The Morgan fingerprint density at radius 1 is 1.16 bits per heavy atom. The van der Waals surface area contributed by atoms with Gasteiger partial charge < -0.3 is 0 Å². The van der Waals surface area contributed by atoms with Crippen LogP contribution in [0.5, 0.6) is 0 Å². The molecule has 2 heteroatoms. The molecule has 2 aliphatic rings. The molecular formula is C17H17FN+. The van der Waals surface area contributed by atoms with E-state index in [-0.39, 0.29) is 18.1 Å². The SMILES string of the molecule is CC1c2ccccc2-c2cccc3[n+]2C1(C)C3CF. The van der Waals surface area contributed by atoms with Crippen molar-refractivity contribution < 1.29 is 8.96 Å². The van der Waals surface area contributed by atoms with E-state index >= 15 is 0 Å². The van der Waals surface area contributed by atoms with Gasteiger partial charge in [-0.15, -0.1) is 0 Å². The molecular weight excluding hydrogens is 237 g/mol. The number of hydrogen-bond acceptors (Lipinski definition) is 0. The summed E-state index contributed by atoms with van der Waals surface area (Å²) in [5.74, 6) is 0.368. The predicted octanol–water partition coefficient (Wildman–Crippen LogP) is 3.54. The third-order valence-corrected chi connectivity index (χ3v) is 5.30. The molecule has 96 valence electrons. The first-order valence-electron chi connectivity index (χ1n) is 6.90. The Hall–Kier alpha value is -1.70. The Morgan fingerprint density at radius 3 is 2.74 bits per heavy atom. The van der Waals surface area contributed by atoms with Gasteiger partial charge in [-0.25, -0.2) is 4.39 Å². The smallest absolute Gasteiger partial charge is 0.213 e. The van der Waals surface area contributed by atoms with Crippen molar-refractivity contribution >= 4 is 0 Å². The van der Waals surface area contributed by atoms with Gasteiger partial charge in [-0.2, -0.15) is 4.57 Å². The zero-order valence-electron chi connectivity index (χ0n) is 11.2. The Balaban J connectivity index is 2.09. The van der Waals surface area contributed by atoms with Gasteiger partial charge in [-0.3, -0.25) is 0 Å². The summed E-state index contributed by atoms with van der Waals surface area (Å²) in [6.07, 6.45) is 0. The van der Waals surface area contributed by atoms with Gasteiger partial charge in [0.25, 0.3) is 0 Å². The molecule has 0 saturated carbocycles. The standard InChI is InChI=1S/C17H17FN/c1-11-12-6-3-4-7-13(12)15-8-5-9-16-14(10-18)17(11,2)19(15)16/h3-9,11,14H,10H2,1-2H3/q+1. The van der Waals surface area contributed by atoms with E-state index < -0.39 is 0 Å². The molecule has 3 atom stereocenters. The quantitative estimate of drug-likeness (QED) is 0.685. The van der Waals surface area contributed by atoms with Crippen LogP contribution < -0.4 is 4.57 Å². The molecule has 4 rings (SSSR count). The maximum absolute atomic E-state index is 13.5. The van der Waals surface area contributed by atoms with E-state index in [1.165, 1.54) is 16.8 Å². The fourth-order valence-electron chi connectivity index (χ4n) is 4.09. The number of nitrogens with zero attached hydrogens (tertiary/aromatic N) is 1. The average Bonchev–Trinajstić information content (AvgIpc) is 2.44. The lowest BCUT2D eigenvalue weighted by Gasteiger charge is -2.47. The third kappa shape index (κ3) is 1.09. The fourth-order valence-corrected chi connectivity index (χ4v) is 4.09. The van der Waals surface area contributed by atoms with E-state index in [0.717, 1.165) is 5.69 Å². The molecule has 0 spiro atoms. The van der Waals surface area contributed by atoms with Crippen LogP contribution in [-0.2, 0) is 5.54 Å². The van der Waals surface area contributed by atoms with Gasteiger partial charge >= 0.3 is 0 Å². The highest BCUT2D eigenvalue weighted by Gasteiger charge is 2.64. The predicted molar refractivity (Wildman–Crippen MR) is 72.9 cm³/mol. The number of alkyl halides is 1. The van der Waals surface area contributed by atoms with Crippen molar-refractivity contribution in [2.75, 3.05) is 6.67 Å². The Labute approximate surface area is 112 Å². The van der Waals surface area contributed by atoms with Crippen LogP contribution >= 0.6 is 0 Å². The van der Waals surface area contributed by atoms with Gasteiger partial charge in [0.1, 0.15) is 12.6 Å². The normalized spacial score (nSPS) is 30.3. The lowest BCUT2D eigenvalue weighted by molar-refractivity contribution is -0.811. The van der Waals surface area contributed by atoms with Crippen molar-refractivity contribution in [3.8, 4) is 11.3 Å². The molecule has 0 fully saturated rings. The lowest BCUT2D eigenvalue weighted by atomic mass is 9.62. The van der Waals surface area contributed by atoms with E-state index in [4.69, 9.17) is 0 Å². The van der Waals surface area contributed by atoms with Crippen LogP contribution in [0, 0.1) is 0 Å². The minimum Gasteiger partial charge on any atom is -0.250 e. The van der Waals surface area contributed by atoms with Crippen molar-refractivity contribution in [3.63, 3.8) is 0 Å². The number of pyridine rings is 1. The largest absolute Gasteiger partial charge is 0.250 e. The first-order chi connectivity index (χ1) is 9.19. The van der Waals surface area contributed by atoms with E-state index in [9.17, 15) is 4.39 Å². The lowest BCUT2D eigenvalue weighted by Crippen LogP contribution is -2.74.